The van der Waals surface area contributed by atoms with Gasteiger partial charge in [0.15, 0.2) is 5.78 Å². The molecule has 0 aliphatic heterocycles. The summed E-state index contributed by atoms with van der Waals surface area (Å²) in [6.07, 6.45) is 2.41. The smallest absolute Gasteiger partial charge is 0.161 e. The third-order valence-electron chi connectivity index (χ3n) is 4.63. The number of nitrogens with zero attached hydrogens (tertiary/aromatic N) is 2. The van der Waals surface area contributed by atoms with Crippen LogP contribution < -0.4 is 0 Å². The first-order chi connectivity index (χ1) is 11.2. The molecule has 0 fully saturated rings. The van der Waals surface area contributed by atoms with Crippen molar-refractivity contribution in [1.82, 2.24) is 10.3 Å². The van der Waals surface area contributed by atoms with Gasteiger partial charge in [-0.15, -0.1) is 0 Å². The molecule has 1 heterocycles. The van der Waals surface area contributed by atoms with Gasteiger partial charge in [-0.25, -0.2) is 4.63 Å². The molecule has 1 aliphatic carbocycles. The molecule has 0 spiro atoms. The van der Waals surface area contributed by atoms with Gasteiger partial charge in [-0.1, -0.05) is 24.3 Å². The molecule has 1 atom stereocenters. The van der Waals surface area contributed by atoms with Gasteiger partial charge < -0.3 is 5.11 Å². The van der Waals surface area contributed by atoms with E-state index in [-0.39, 0.29) is 18.3 Å². The van der Waals surface area contributed by atoms with Crippen molar-refractivity contribution in [2.24, 2.45) is 5.92 Å². The molecule has 0 radical (unpaired) electrons. The Hall–Kier alpha value is -2.53. The van der Waals surface area contributed by atoms with Gasteiger partial charge in [0, 0.05) is 5.92 Å². The van der Waals surface area contributed by atoms with Gasteiger partial charge in [0.05, 0.1) is 0 Å². The predicted octanol–water partition coefficient (Wildman–Crippen LogP) is 2.56. The Kier molecular flexibility index (Phi) is 3.42. The maximum absolute atomic E-state index is 11.8. The number of aliphatic hydroxyl groups excluding tert-OH is 1. The summed E-state index contributed by atoms with van der Waals surface area (Å²) in [5.74, 6) is -0.124. The van der Waals surface area contributed by atoms with Crippen LogP contribution in [0.15, 0.2) is 41.0 Å². The zero-order valence-electron chi connectivity index (χ0n) is 12.5. The summed E-state index contributed by atoms with van der Waals surface area (Å²) in [7, 11) is 0. The summed E-state index contributed by atoms with van der Waals surface area (Å²) in [5, 5.41) is 16.8. The van der Waals surface area contributed by atoms with Crippen molar-refractivity contribution in [2.75, 3.05) is 6.61 Å². The Morgan fingerprint density at radius 2 is 1.87 bits per heavy atom. The van der Waals surface area contributed by atoms with E-state index < -0.39 is 0 Å². The Morgan fingerprint density at radius 3 is 2.74 bits per heavy atom. The van der Waals surface area contributed by atoms with Gasteiger partial charge in [-0.05, 0) is 64.0 Å². The fourth-order valence-electron chi connectivity index (χ4n) is 3.30. The minimum Gasteiger partial charge on any atom is -0.389 e. The number of aromatic nitrogens is 2. The van der Waals surface area contributed by atoms with Gasteiger partial charge >= 0.3 is 0 Å². The minimum absolute atomic E-state index is 0.0591. The van der Waals surface area contributed by atoms with E-state index in [0.29, 0.717) is 6.42 Å². The lowest BCUT2D eigenvalue weighted by Gasteiger charge is -2.23. The molecular weight excluding hydrogens is 292 g/mol. The highest BCUT2D eigenvalue weighted by Crippen LogP contribution is 2.31. The van der Waals surface area contributed by atoms with E-state index in [4.69, 9.17) is 9.74 Å². The molecule has 23 heavy (non-hydrogen) atoms. The van der Waals surface area contributed by atoms with Crippen LogP contribution in [0.4, 0.5) is 0 Å². The molecule has 5 heteroatoms. The summed E-state index contributed by atoms with van der Waals surface area (Å²) >= 11 is 0. The molecular formula is C18H16N2O3. The van der Waals surface area contributed by atoms with Crippen molar-refractivity contribution in [1.29, 1.82) is 0 Å². The number of ketones is 1. The molecule has 0 saturated carbocycles. The number of hydrogen-bond donors (Lipinski definition) is 1. The zero-order valence-corrected chi connectivity index (χ0v) is 12.5. The number of fused-ring (bicyclic) bond motifs is 2. The number of aliphatic hydroxyl groups is 1. The van der Waals surface area contributed by atoms with Crippen molar-refractivity contribution in [2.45, 2.75) is 19.3 Å². The largest absolute Gasteiger partial charge is 0.389 e. The molecule has 116 valence electrons. The van der Waals surface area contributed by atoms with E-state index in [1.165, 1.54) is 11.1 Å². The first-order valence-electron chi connectivity index (χ1n) is 7.72. The van der Waals surface area contributed by atoms with E-state index >= 15 is 0 Å². The standard InChI is InChI=1S/C18H16N2O3/c21-10-18(22)14-4-2-11-1-3-12(7-15(11)8-14)13-5-6-16-17(9-13)20-23-19-16/h1,3,5-7,9,14,21H,2,4,8,10H2. The van der Waals surface area contributed by atoms with Gasteiger partial charge in [-0.2, -0.15) is 0 Å². The average Bonchev–Trinajstić information content (AvgIpc) is 3.07. The molecule has 0 bridgehead atoms. The monoisotopic (exact) mass is 308 g/mol. The number of hydrogen-bond acceptors (Lipinski definition) is 5. The first-order valence-corrected chi connectivity index (χ1v) is 7.72. The zero-order chi connectivity index (χ0) is 15.8. The van der Waals surface area contributed by atoms with Crippen molar-refractivity contribution in [3.8, 4) is 11.1 Å². The Morgan fingerprint density at radius 1 is 1.09 bits per heavy atom. The molecule has 2 aromatic carbocycles. The molecule has 5 nitrogen and oxygen atoms in total. The topological polar surface area (TPSA) is 76.2 Å². The molecule has 1 aliphatic rings. The number of rotatable bonds is 3. The van der Waals surface area contributed by atoms with Gasteiger partial charge in [0.25, 0.3) is 0 Å². The fourth-order valence-corrected chi connectivity index (χ4v) is 3.30. The van der Waals surface area contributed by atoms with Crippen molar-refractivity contribution in [3.63, 3.8) is 0 Å². The highest BCUT2D eigenvalue weighted by atomic mass is 16.6. The van der Waals surface area contributed by atoms with Crippen LogP contribution in [0.3, 0.4) is 0 Å². The normalized spacial score (nSPS) is 17.2. The highest BCUT2D eigenvalue weighted by Gasteiger charge is 2.24. The SMILES string of the molecule is O=C(CO)C1CCc2ccc(-c3ccc4nonc4c3)cc2C1. The lowest BCUT2D eigenvalue weighted by atomic mass is 9.81. The summed E-state index contributed by atoms with van der Waals surface area (Å²) < 4.78 is 4.74. The van der Waals surface area contributed by atoms with E-state index in [2.05, 4.69) is 28.5 Å². The molecule has 0 saturated heterocycles. The van der Waals surface area contributed by atoms with Crippen LogP contribution in [-0.2, 0) is 17.6 Å². The molecule has 1 aromatic heterocycles. The van der Waals surface area contributed by atoms with Crippen LogP contribution in [0.2, 0.25) is 0 Å². The van der Waals surface area contributed by atoms with E-state index in [0.717, 1.165) is 35.0 Å². The number of Topliss-reactive ketones (excluding diaryl/α,β-unsaturated/α-hetero) is 1. The molecule has 1 unspecified atom stereocenters. The summed E-state index contributed by atoms with van der Waals surface area (Å²) in [6.45, 7) is -0.366. The fraction of sp³-hybridized carbons (Fsp3) is 0.278. The maximum Gasteiger partial charge on any atom is 0.161 e. The Labute approximate surface area is 132 Å². The van der Waals surface area contributed by atoms with Gasteiger partial charge in [0.1, 0.15) is 17.6 Å². The predicted molar refractivity (Wildman–Crippen MR) is 84.8 cm³/mol. The second kappa shape index (κ2) is 5.59. The Balaban J connectivity index is 1.70. The van der Waals surface area contributed by atoms with Crippen LogP contribution in [0.1, 0.15) is 17.5 Å². The third kappa shape index (κ3) is 2.53. The van der Waals surface area contributed by atoms with Crippen molar-refractivity contribution in [3.05, 3.63) is 47.5 Å². The van der Waals surface area contributed by atoms with Crippen LogP contribution in [0, 0.1) is 5.92 Å². The highest BCUT2D eigenvalue weighted by molar-refractivity contribution is 5.83. The third-order valence-corrected chi connectivity index (χ3v) is 4.63. The number of benzene rings is 2. The average molecular weight is 308 g/mol. The van der Waals surface area contributed by atoms with E-state index in [1.807, 2.05) is 18.2 Å². The first kappa shape index (κ1) is 14.1. The number of carbonyl (C=O) groups is 1. The molecule has 1 N–H and O–H groups in total. The van der Waals surface area contributed by atoms with Gasteiger partial charge in [-0.3, -0.25) is 4.79 Å². The van der Waals surface area contributed by atoms with Crippen molar-refractivity contribution < 1.29 is 14.5 Å². The quantitative estimate of drug-likeness (QED) is 0.804. The van der Waals surface area contributed by atoms with Crippen LogP contribution in [0.5, 0.6) is 0 Å². The number of carbonyl (C=O) groups excluding carboxylic acids is 1. The van der Waals surface area contributed by atoms with E-state index in [1.54, 1.807) is 0 Å². The van der Waals surface area contributed by atoms with Gasteiger partial charge in [0.2, 0.25) is 0 Å². The lowest BCUT2D eigenvalue weighted by Crippen LogP contribution is -2.24. The molecule has 0 amide bonds. The van der Waals surface area contributed by atoms with Crippen LogP contribution in [0.25, 0.3) is 22.2 Å². The van der Waals surface area contributed by atoms with Crippen LogP contribution >= 0.6 is 0 Å². The maximum atomic E-state index is 11.8. The Bertz CT molecular complexity index is 885. The summed E-state index contributed by atoms with van der Waals surface area (Å²) in [5.41, 5.74) is 6.09. The minimum atomic E-state index is -0.366. The summed E-state index contributed by atoms with van der Waals surface area (Å²) in [6, 6.07) is 12.2. The van der Waals surface area contributed by atoms with E-state index in [9.17, 15) is 4.79 Å². The summed E-state index contributed by atoms with van der Waals surface area (Å²) in [4.78, 5) is 11.8. The second-order valence-corrected chi connectivity index (χ2v) is 6.02. The lowest BCUT2D eigenvalue weighted by molar-refractivity contribution is -0.125. The van der Waals surface area contributed by atoms with Crippen LogP contribution in [-0.4, -0.2) is 27.8 Å². The second-order valence-electron chi connectivity index (χ2n) is 6.02. The number of aryl methyl sites for hydroxylation is 1. The van der Waals surface area contributed by atoms with Crippen molar-refractivity contribution >= 4 is 16.8 Å². The molecule has 3 aromatic rings. The molecule has 4 rings (SSSR count).